The standard InChI is InChI=1S/C22H23FN4OS/c1-15(28)27-10-7-16(8-11-27)12-17-6-9-24-21(13-17)26-22-25-14-20(29-22)18-2-4-19(23)5-3-18/h2-6,9,13-14,16H,7-8,10-12H2,1H3,(H,24,25,26). The smallest absolute Gasteiger partial charge is 0.219 e. The van der Waals surface area contributed by atoms with Crippen LogP contribution in [0, 0.1) is 11.7 Å². The molecule has 4 rings (SSSR count). The van der Waals surface area contributed by atoms with E-state index in [-0.39, 0.29) is 11.7 Å². The highest BCUT2D eigenvalue weighted by atomic mass is 32.1. The van der Waals surface area contributed by atoms with Crippen molar-refractivity contribution in [3.63, 3.8) is 0 Å². The highest BCUT2D eigenvalue weighted by Crippen LogP contribution is 2.31. The van der Waals surface area contributed by atoms with E-state index in [1.807, 2.05) is 17.2 Å². The maximum absolute atomic E-state index is 13.1. The van der Waals surface area contributed by atoms with Crippen molar-refractivity contribution in [3.8, 4) is 10.4 Å². The van der Waals surface area contributed by atoms with Crippen LogP contribution in [0.15, 0.2) is 48.8 Å². The van der Waals surface area contributed by atoms with E-state index in [4.69, 9.17) is 0 Å². The molecule has 1 amide bonds. The molecule has 1 N–H and O–H groups in total. The highest BCUT2D eigenvalue weighted by molar-refractivity contribution is 7.18. The van der Waals surface area contributed by atoms with Gasteiger partial charge in [0, 0.05) is 32.4 Å². The summed E-state index contributed by atoms with van der Waals surface area (Å²) in [6.07, 6.45) is 6.67. The number of halogens is 1. The van der Waals surface area contributed by atoms with E-state index in [1.54, 1.807) is 25.3 Å². The minimum atomic E-state index is -0.246. The number of anilines is 2. The number of nitrogens with one attached hydrogen (secondary N) is 1. The molecule has 29 heavy (non-hydrogen) atoms. The van der Waals surface area contributed by atoms with Gasteiger partial charge in [0.25, 0.3) is 0 Å². The normalized spacial score (nSPS) is 14.8. The zero-order chi connectivity index (χ0) is 20.2. The molecule has 1 saturated heterocycles. The van der Waals surface area contributed by atoms with Crippen molar-refractivity contribution in [1.29, 1.82) is 0 Å². The predicted octanol–water partition coefficient (Wildman–Crippen LogP) is 4.89. The Kier molecular flexibility index (Phi) is 5.85. The first-order valence-electron chi connectivity index (χ1n) is 9.76. The number of benzene rings is 1. The van der Waals surface area contributed by atoms with Crippen molar-refractivity contribution >= 4 is 28.2 Å². The van der Waals surface area contributed by atoms with Gasteiger partial charge in [-0.2, -0.15) is 0 Å². The summed E-state index contributed by atoms with van der Waals surface area (Å²) in [4.78, 5) is 23.2. The third-order valence-electron chi connectivity index (χ3n) is 5.28. The quantitative estimate of drug-likeness (QED) is 0.651. The van der Waals surface area contributed by atoms with Gasteiger partial charge in [0.2, 0.25) is 5.91 Å². The lowest BCUT2D eigenvalue weighted by Gasteiger charge is -2.31. The minimum absolute atomic E-state index is 0.169. The van der Waals surface area contributed by atoms with E-state index in [1.165, 1.54) is 29.0 Å². The first-order chi connectivity index (χ1) is 14.1. The fraction of sp³-hybridized carbons (Fsp3) is 0.318. The van der Waals surface area contributed by atoms with Crippen LogP contribution < -0.4 is 5.32 Å². The molecule has 3 aromatic rings. The molecule has 1 fully saturated rings. The maximum Gasteiger partial charge on any atom is 0.219 e. The molecule has 2 aromatic heterocycles. The number of carbonyl (C=O) groups is 1. The Bertz CT molecular complexity index is 980. The SMILES string of the molecule is CC(=O)N1CCC(Cc2ccnc(Nc3ncc(-c4ccc(F)cc4)s3)c2)CC1. The number of nitrogens with zero attached hydrogens (tertiary/aromatic N) is 3. The van der Waals surface area contributed by atoms with Gasteiger partial charge >= 0.3 is 0 Å². The molecular weight excluding hydrogens is 387 g/mol. The van der Waals surface area contributed by atoms with Gasteiger partial charge in [0.05, 0.1) is 4.88 Å². The molecule has 150 valence electrons. The van der Waals surface area contributed by atoms with Crippen LogP contribution >= 0.6 is 11.3 Å². The lowest BCUT2D eigenvalue weighted by Crippen LogP contribution is -2.37. The van der Waals surface area contributed by atoms with E-state index in [0.717, 1.165) is 53.7 Å². The molecule has 0 atom stereocenters. The number of aromatic nitrogens is 2. The van der Waals surface area contributed by atoms with Gasteiger partial charge in [-0.25, -0.2) is 14.4 Å². The van der Waals surface area contributed by atoms with E-state index in [2.05, 4.69) is 21.4 Å². The van der Waals surface area contributed by atoms with Crippen LogP contribution in [0.25, 0.3) is 10.4 Å². The van der Waals surface area contributed by atoms with Crippen LogP contribution in [-0.4, -0.2) is 33.9 Å². The van der Waals surface area contributed by atoms with Crippen LogP contribution in [0.2, 0.25) is 0 Å². The average Bonchev–Trinajstić information content (AvgIpc) is 3.17. The number of hydrogen-bond donors (Lipinski definition) is 1. The summed E-state index contributed by atoms with van der Waals surface area (Å²) >= 11 is 1.51. The van der Waals surface area contributed by atoms with Gasteiger partial charge in [-0.05, 0) is 60.6 Å². The first-order valence-corrected chi connectivity index (χ1v) is 10.6. The molecule has 0 radical (unpaired) electrons. The fourth-order valence-electron chi connectivity index (χ4n) is 3.64. The zero-order valence-corrected chi connectivity index (χ0v) is 17.1. The van der Waals surface area contributed by atoms with Gasteiger partial charge in [0.1, 0.15) is 11.6 Å². The summed E-state index contributed by atoms with van der Waals surface area (Å²) in [5, 5.41) is 4.03. The summed E-state index contributed by atoms with van der Waals surface area (Å²) in [5.74, 6) is 1.28. The Hall–Kier alpha value is -2.80. The van der Waals surface area contributed by atoms with Crippen molar-refractivity contribution < 1.29 is 9.18 Å². The molecule has 7 heteroatoms. The van der Waals surface area contributed by atoms with Crippen molar-refractivity contribution in [3.05, 3.63) is 60.2 Å². The Morgan fingerprint density at radius 2 is 1.97 bits per heavy atom. The summed E-state index contributed by atoms with van der Waals surface area (Å²) in [6.45, 7) is 3.34. The van der Waals surface area contributed by atoms with Crippen LogP contribution in [0.1, 0.15) is 25.3 Å². The molecule has 5 nitrogen and oxygen atoms in total. The summed E-state index contributed by atoms with van der Waals surface area (Å²) < 4.78 is 13.1. The van der Waals surface area contributed by atoms with Gasteiger partial charge in [-0.3, -0.25) is 4.79 Å². The van der Waals surface area contributed by atoms with E-state index < -0.39 is 0 Å². The Morgan fingerprint density at radius 1 is 1.21 bits per heavy atom. The fourth-order valence-corrected chi connectivity index (χ4v) is 4.47. The van der Waals surface area contributed by atoms with Crippen molar-refractivity contribution in [2.24, 2.45) is 5.92 Å². The van der Waals surface area contributed by atoms with Gasteiger partial charge in [-0.1, -0.05) is 23.5 Å². The number of thiazole rings is 1. The molecule has 1 aliphatic rings. The second-order valence-electron chi connectivity index (χ2n) is 7.36. The number of piperidine rings is 1. The van der Waals surface area contributed by atoms with E-state index in [0.29, 0.717) is 5.92 Å². The topological polar surface area (TPSA) is 58.1 Å². The average molecular weight is 411 g/mol. The summed E-state index contributed by atoms with van der Waals surface area (Å²) in [7, 11) is 0. The minimum Gasteiger partial charge on any atom is -0.343 e. The van der Waals surface area contributed by atoms with Crippen molar-refractivity contribution in [2.75, 3.05) is 18.4 Å². The zero-order valence-electron chi connectivity index (χ0n) is 16.3. The number of likely N-dealkylation sites (tertiary alicyclic amines) is 1. The Labute approximate surface area is 173 Å². The molecule has 0 aliphatic carbocycles. The van der Waals surface area contributed by atoms with Gasteiger partial charge < -0.3 is 10.2 Å². The second kappa shape index (κ2) is 8.69. The number of pyridine rings is 1. The number of hydrogen-bond acceptors (Lipinski definition) is 5. The Morgan fingerprint density at radius 3 is 2.69 bits per heavy atom. The Balaban J connectivity index is 1.38. The molecular formula is C22H23FN4OS. The maximum atomic E-state index is 13.1. The molecule has 1 aliphatic heterocycles. The number of carbonyl (C=O) groups excluding carboxylic acids is 1. The molecule has 1 aromatic carbocycles. The number of amides is 1. The highest BCUT2D eigenvalue weighted by Gasteiger charge is 2.21. The van der Waals surface area contributed by atoms with Crippen LogP contribution in [0.5, 0.6) is 0 Å². The molecule has 3 heterocycles. The second-order valence-corrected chi connectivity index (χ2v) is 8.40. The van der Waals surface area contributed by atoms with Gasteiger partial charge in [-0.15, -0.1) is 0 Å². The third kappa shape index (κ3) is 4.98. The monoisotopic (exact) mass is 410 g/mol. The van der Waals surface area contributed by atoms with Crippen LogP contribution in [-0.2, 0) is 11.2 Å². The molecule has 0 spiro atoms. The lowest BCUT2D eigenvalue weighted by molar-refractivity contribution is -0.130. The molecule has 0 saturated carbocycles. The largest absolute Gasteiger partial charge is 0.343 e. The predicted molar refractivity (Wildman–Crippen MR) is 114 cm³/mol. The molecule has 0 unspecified atom stereocenters. The number of rotatable bonds is 5. The van der Waals surface area contributed by atoms with E-state index >= 15 is 0 Å². The van der Waals surface area contributed by atoms with Crippen LogP contribution in [0.4, 0.5) is 15.3 Å². The summed E-state index contributed by atoms with van der Waals surface area (Å²) in [5.41, 5.74) is 2.18. The molecule has 0 bridgehead atoms. The van der Waals surface area contributed by atoms with Crippen molar-refractivity contribution in [2.45, 2.75) is 26.2 Å². The first kappa shape index (κ1) is 19.5. The van der Waals surface area contributed by atoms with Crippen molar-refractivity contribution in [1.82, 2.24) is 14.9 Å². The summed E-state index contributed by atoms with van der Waals surface area (Å²) in [6, 6.07) is 10.5. The van der Waals surface area contributed by atoms with Crippen LogP contribution in [0.3, 0.4) is 0 Å². The third-order valence-corrected chi connectivity index (χ3v) is 6.24. The van der Waals surface area contributed by atoms with Gasteiger partial charge in [0.15, 0.2) is 5.13 Å². The lowest BCUT2D eigenvalue weighted by atomic mass is 9.90. The van der Waals surface area contributed by atoms with E-state index in [9.17, 15) is 9.18 Å².